The van der Waals surface area contributed by atoms with Gasteiger partial charge in [0.1, 0.15) is 23.1 Å². The molecule has 3 aromatic carbocycles. The van der Waals surface area contributed by atoms with E-state index in [2.05, 4.69) is 0 Å². The number of carbonyl (C=O) groups is 2. The second-order valence-electron chi connectivity index (χ2n) is 7.26. The lowest BCUT2D eigenvalue weighted by atomic mass is 9.95. The first-order valence-corrected chi connectivity index (χ1v) is 10.3. The molecule has 1 heterocycles. The number of ketones is 1. The predicted octanol–water partition coefficient (Wildman–Crippen LogP) is 5.12. The van der Waals surface area contributed by atoms with Crippen molar-refractivity contribution in [3.05, 3.63) is 94.3 Å². The van der Waals surface area contributed by atoms with Crippen LogP contribution in [0.15, 0.2) is 72.3 Å². The summed E-state index contributed by atoms with van der Waals surface area (Å²) < 4.78 is 23.9. The van der Waals surface area contributed by atoms with Crippen molar-refractivity contribution in [3.8, 4) is 11.5 Å². The summed E-state index contributed by atoms with van der Waals surface area (Å²) in [5.41, 5.74) is 0.839. The lowest BCUT2D eigenvalue weighted by Crippen LogP contribution is -2.29. The normalized spacial score (nSPS) is 17.3. The number of aliphatic hydroxyl groups is 1. The minimum absolute atomic E-state index is 0.145. The zero-order valence-electron chi connectivity index (χ0n) is 17.7. The number of anilines is 1. The number of hydrogen-bond donors (Lipinski definition) is 1. The molecule has 3 aromatic rings. The van der Waals surface area contributed by atoms with Gasteiger partial charge >= 0.3 is 0 Å². The molecule has 1 aliphatic rings. The van der Waals surface area contributed by atoms with Crippen LogP contribution in [0.2, 0.25) is 5.02 Å². The van der Waals surface area contributed by atoms with Gasteiger partial charge in [0.05, 0.1) is 30.9 Å². The summed E-state index contributed by atoms with van der Waals surface area (Å²) in [6.07, 6.45) is 0. The first-order chi connectivity index (χ1) is 15.8. The molecule has 0 radical (unpaired) electrons. The SMILES string of the molecule is COc1ccc(C2/C(=C(\O)c3cc(OC)ccc3Cl)C(=O)C(=O)N2c2ccc(F)cc2)cc1. The second-order valence-corrected chi connectivity index (χ2v) is 7.67. The van der Waals surface area contributed by atoms with E-state index in [0.29, 0.717) is 22.7 Å². The molecule has 1 N–H and O–H groups in total. The van der Waals surface area contributed by atoms with Gasteiger partial charge in [-0.3, -0.25) is 14.5 Å². The number of rotatable bonds is 5. The van der Waals surface area contributed by atoms with Crippen LogP contribution < -0.4 is 14.4 Å². The van der Waals surface area contributed by atoms with E-state index in [1.165, 1.54) is 55.5 Å². The van der Waals surface area contributed by atoms with Gasteiger partial charge in [0.25, 0.3) is 11.7 Å². The van der Waals surface area contributed by atoms with E-state index in [-0.39, 0.29) is 16.2 Å². The molecule has 1 saturated heterocycles. The summed E-state index contributed by atoms with van der Waals surface area (Å²) in [7, 11) is 2.97. The smallest absolute Gasteiger partial charge is 0.300 e. The lowest BCUT2D eigenvalue weighted by Gasteiger charge is -2.25. The minimum Gasteiger partial charge on any atom is -0.507 e. The number of methoxy groups -OCH3 is 2. The molecular formula is C25H19ClFNO5. The average molecular weight is 468 g/mol. The molecule has 8 heteroatoms. The van der Waals surface area contributed by atoms with E-state index < -0.39 is 29.3 Å². The van der Waals surface area contributed by atoms with Gasteiger partial charge in [0, 0.05) is 11.3 Å². The highest BCUT2D eigenvalue weighted by atomic mass is 35.5. The van der Waals surface area contributed by atoms with E-state index >= 15 is 0 Å². The van der Waals surface area contributed by atoms with Crippen molar-refractivity contribution < 1.29 is 28.6 Å². The van der Waals surface area contributed by atoms with Crippen LogP contribution in [0.1, 0.15) is 17.2 Å². The van der Waals surface area contributed by atoms with Crippen LogP contribution >= 0.6 is 11.6 Å². The average Bonchev–Trinajstić information content (AvgIpc) is 3.10. The molecule has 4 rings (SSSR count). The molecular weight excluding hydrogens is 449 g/mol. The van der Waals surface area contributed by atoms with Crippen LogP contribution in [0.3, 0.4) is 0 Å². The summed E-state index contributed by atoms with van der Waals surface area (Å²) >= 11 is 6.30. The third kappa shape index (κ3) is 4.03. The highest BCUT2D eigenvalue weighted by molar-refractivity contribution is 6.52. The van der Waals surface area contributed by atoms with Crippen molar-refractivity contribution in [1.29, 1.82) is 0 Å². The zero-order valence-corrected chi connectivity index (χ0v) is 18.5. The summed E-state index contributed by atoms with van der Waals surface area (Å²) in [6, 6.07) is 15.5. The van der Waals surface area contributed by atoms with Crippen LogP contribution in [0, 0.1) is 5.82 Å². The molecule has 33 heavy (non-hydrogen) atoms. The molecule has 1 unspecified atom stereocenters. The number of halogens is 2. The van der Waals surface area contributed by atoms with Crippen LogP contribution in [-0.2, 0) is 9.59 Å². The number of ether oxygens (including phenoxy) is 2. The number of benzene rings is 3. The molecule has 1 fully saturated rings. The van der Waals surface area contributed by atoms with E-state index in [1.807, 2.05) is 0 Å². The summed E-state index contributed by atoms with van der Waals surface area (Å²) in [4.78, 5) is 27.5. The quantitative estimate of drug-likeness (QED) is 0.320. The maximum atomic E-state index is 13.5. The van der Waals surface area contributed by atoms with Gasteiger partial charge < -0.3 is 14.6 Å². The Labute approximate surface area is 194 Å². The van der Waals surface area contributed by atoms with Gasteiger partial charge in [-0.1, -0.05) is 23.7 Å². The molecule has 0 aromatic heterocycles. The summed E-state index contributed by atoms with van der Waals surface area (Å²) in [5.74, 6) is -1.69. The van der Waals surface area contributed by atoms with Crippen molar-refractivity contribution >= 4 is 34.7 Å². The Balaban J connectivity index is 1.95. The third-order valence-corrected chi connectivity index (χ3v) is 5.74. The van der Waals surface area contributed by atoms with Gasteiger partial charge in [-0.05, 0) is 60.2 Å². The topological polar surface area (TPSA) is 76.1 Å². The van der Waals surface area contributed by atoms with Crippen molar-refractivity contribution in [3.63, 3.8) is 0 Å². The predicted molar refractivity (Wildman–Crippen MR) is 122 cm³/mol. The zero-order chi connectivity index (χ0) is 23.7. The van der Waals surface area contributed by atoms with Gasteiger partial charge in [-0.25, -0.2) is 4.39 Å². The maximum Gasteiger partial charge on any atom is 0.300 e. The van der Waals surface area contributed by atoms with Gasteiger partial charge in [0.15, 0.2) is 0 Å². The Hall–Kier alpha value is -3.84. The maximum absolute atomic E-state index is 13.5. The first-order valence-electron chi connectivity index (χ1n) is 9.90. The van der Waals surface area contributed by atoms with E-state index in [0.717, 1.165) is 0 Å². The Bertz CT molecular complexity index is 1250. The van der Waals surface area contributed by atoms with E-state index in [1.54, 1.807) is 30.3 Å². The van der Waals surface area contributed by atoms with Crippen LogP contribution in [-0.4, -0.2) is 31.0 Å². The number of nitrogens with zero attached hydrogens (tertiary/aromatic N) is 1. The minimum atomic E-state index is -0.983. The number of aliphatic hydroxyl groups excluding tert-OH is 1. The first kappa shape index (κ1) is 22.4. The molecule has 0 spiro atoms. The standard InChI is InChI=1S/C25H19ClFNO5/c1-32-17-9-3-14(4-10-17)22-21(23(29)19-13-18(33-2)11-12-20(19)26)24(30)25(31)28(22)16-7-5-15(27)6-8-16/h3-13,22,29H,1-2H3/b23-21+. The Morgan fingerprint density at radius 3 is 2.15 bits per heavy atom. The number of Topliss-reactive ketones (excluding diaryl/α,β-unsaturated/α-hetero) is 1. The third-order valence-electron chi connectivity index (χ3n) is 5.41. The molecule has 0 saturated carbocycles. The molecule has 168 valence electrons. The molecule has 0 bridgehead atoms. The molecule has 1 aliphatic heterocycles. The fraction of sp³-hybridized carbons (Fsp3) is 0.120. The van der Waals surface area contributed by atoms with E-state index in [9.17, 15) is 19.1 Å². The number of hydrogen-bond acceptors (Lipinski definition) is 5. The largest absolute Gasteiger partial charge is 0.507 e. The summed E-state index contributed by atoms with van der Waals surface area (Å²) in [6.45, 7) is 0. The van der Waals surface area contributed by atoms with Crippen molar-refractivity contribution in [2.75, 3.05) is 19.1 Å². The number of carbonyl (C=O) groups excluding carboxylic acids is 2. The molecule has 1 amide bonds. The summed E-state index contributed by atoms with van der Waals surface area (Å²) in [5, 5.41) is 11.4. The Morgan fingerprint density at radius 2 is 1.55 bits per heavy atom. The molecule has 1 atom stereocenters. The van der Waals surface area contributed by atoms with Crippen LogP contribution in [0.25, 0.3) is 5.76 Å². The number of amides is 1. The van der Waals surface area contributed by atoms with E-state index in [4.69, 9.17) is 21.1 Å². The van der Waals surface area contributed by atoms with Gasteiger partial charge in [0.2, 0.25) is 0 Å². The highest BCUT2D eigenvalue weighted by Gasteiger charge is 2.47. The van der Waals surface area contributed by atoms with Crippen LogP contribution in [0.5, 0.6) is 11.5 Å². The molecule has 6 nitrogen and oxygen atoms in total. The van der Waals surface area contributed by atoms with Gasteiger partial charge in [-0.15, -0.1) is 0 Å². The monoisotopic (exact) mass is 467 g/mol. The lowest BCUT2D eigenvalue weighted by molar-refractivity contribution is -0.132. The van der Waals surface area contributed by atoms with Crippen LogP contribution in [0.4, 0.5) is 10.1 Å². The fourth-order valence-corrected chi connectivity index (χ4v) is 3.97. The second kappa shape index (κ2) is 8.96. The fourth-order valence-electron chi connectivity index (χ4n) is 3.76. The molecule has 0 aliphatic carbocycles. The van der Waals surface area contributed by atoms with Crippen molar-refractivity contribution in [2.24, 2.45) is 0 Å². The van der Waals surface area contributed by atoms with Crippen molar-refractivity contribution in [2.45, 2.75) is 6.04 Å². The Kier molecular flexibility index (Phi) is 6.07. The van der Waals surface area contributed by atoms with Crippen molar-refractivity contribution in [1.82, 2.24) is 0 Å². The highest BCUT2D eigenvalue weighted by Crippen LogP contribution is 2.43. The Morgan fingerprint density at radius 1 is 0.939 bits per heavy atom. The van der Waals surface area contributed by atoms with Gasteiger partial charge in [-0.2, -0.15) is 0 Å².